The van der Waals surface area contributed by atoms with Crippen LogP contribution in [0.2, 0.25) is 0 Å². The van der Waals surface area contributed by atoms with Crippen LogP contribution in [0.1, 0.15) is 70.7 Å². The number of carbonyl (C=O) groups is 2. The highest BCUT2D eigenvalue weighted by molar-refractivity contribution is 7.17. The van der Waals surface area contributed by atoms with E-state index in [1.54, 1.807) is 19.1 Å². The number of hydrogen-bond donors (Lipinski definition) is 2. The summed E-state index contributed by atoms with van der Waals surface area (Å²) in [6, 6.07) is 3.36. The van der Waals surface area contributed by atoms with Crippen molar-refractivity contribution in [3.63, 3.8) is 0 Å². The van der Waals surface area contributed by atoms with Gasteiger partial charge in [-0.25, -0.2) is 0 Å². The zero-order valence-corrected chi connectivity index (χ0v) is 16.6. The Kier molecular flexibility index (Phi) is 4.97. The van der Waals surface area contributed by atoms with Crippen molar-refractivity contribution >= 4 is 28.2 Å². The molecule has 0 spiro atoms. The molecule has 0 unspecified atom stereocenters. The van der Waals surface area contributed by atoms with Crippen LogP contribution in [0.15, 0.2) is 16.5 Å². The molecule has 3 N–H and O–H groups in total. The van der Waals surface area contributed by atoms with Crippen molar-refractivity contribution in [3.05, 3.63) is 39.7 Å². The lowest BCUT2D eigenvalue weighted by Crippen LogP contribution is -2.29. The number of anilines is 1. The molecule has 1 atom stereocenters. The van der Waals surface area contributed by atoms with Gasteiger partial charge < -0.3 is 15.5 Å². The molecule has 2 aromatic heterocycles. The standard InChI is InChI=1S/C20H26N2O3S/c1-5-20(3,4)12-7-8-13-15(10-12)26-19(16(13)17(21)23)22-18(24)14-9-6-11(2)25-14/h6,9,12H,5,7-8,10H2,1-4H3,(H2,21,23)(H,22,24)/t12-/m1/s1. The van der Waals surface area contributed by atoms with Gasteiger partial charge in [-0.1, -0.05) is 27.2 Å². The number of hydrogen-bond acceptors (Lipinski definition) is 4. The quantitative estimate of drug-likeness (QED) is 0.805. The van der Waals surface area contributed by atoms with Crippen LogP contribution in [-0.4, -0.2) is 11.8 Å². The summed E-state index contributed by atoms with van der Waals surface area (Å²) < 4.78 is 5.37. The van der Waals surface area contributed by atoms with Gasteiger partial charge in [-0.2, -0.15) is 0 Å². The third-order valence-electron chi connectivity index (χ3n) is 5.72. The summed E-state index contributed by atoms with van der Waals surface area (Å²) in [5.41, 5.74) is 7.37. The SMILES string of the molecule is CCC(C)(C)[C@@H]1CCc2c(sc(NC(=O)c3ccc(C)o3)c2C(N)=O)C1. The highest BCUT2D eigenvalue weighted by Gasteiger charge is 2.35. The van der Waals surface area contributed by atoms with Crippen LogP contribution in [0, 0.1) is 18.3 Å². The van der Waals surface area contributed by atoms with Crippen molar-refractivity contribution in [2.45, 2.75) is 53.4 Å². The third kappa shape index (κ3) is 3.43. The van der Waals surface area contributed by atoms with E-state index in [0.29, 0.717) is 22.2 Å². The number of primary amides is 1. The van der Waals surface area contributed by atoms with Crippen LogP contribution in [0.5, 0.6) is 0 Å². The molecule has 2 amide bonds. The average Bonchev–Trinajstić information content (AvgIpc) is 3.17. The van der Waals surface area contributed by atoms with Crippen molar-refractivity contribution in [1.29, 1.82) is 0 Å². The summed E-state index contributed by atoms with van der Waals surface area (Å²) in [6.45, 7) is 8.60. The predicted octanol–water partition coefficient (Wildman–Crippen LogP) is 4.54. The lowest BCUT2D eigenvalue weighted by Gasteiger charge is -2.36. The largest absolute Gasteiger partial charge is 0.456 e. The first-order valence-electron chi connectivity index (χ1n) is 9.05. The maximum Gasteiger partial charge on any atom is 0.291 e. The van der Waals surface area contributed by atoms with Gasteiger partial charge in [-0.15, -0.1) is 11.3 Å². The minimum atomic E-state index is -0.485. The molecular formula is C20H26N2O3S. The molecule has 140 valence electrons. The second-order valence-corrected chi connectivity index (χ2v) is 8.82. The van der Waals surface area contributed by atoms with Crippen molar-refractivity contribution in [1.82, 2.24) is 0 Å². The minimum Gasteiger partial charge on any atom is -0.456 e. The molecule has 0 saturated heterocycles. The summed E-state index contributed by atoms with van der Waals surface area (Å²) in [7, 11) is 0. The Morgan fingerprint density at radius 1 is 1.38 bits per heavy atom. The number of furan rings is 1. The van der Waals surface area contributed by atoms with E-state index in [2.05, 4.69) is 26.1 Å². The first-order chi connectivity index (χ1) is 12.2. The summed E-state index contributed by atoms with van der Waals surface area (Å²) in [5.74, 6) is 0.622. The predicted molar refractivity (Wildman–Crippen MR) is 104 cm³/mol. The van der Waals surface area contributed by atoms with Gasteiger partial charge in [0.2, 0.25) is 0 Å². The summed E-state index contributed by atoms with van der Waals surface area (Å²) in [6.07, 6.45) is 3.91. The molecule has 0 aromatic carbocycles. The van der Waals surface area contributed by atoms with Crippen LogP contribution in [0.3, 0.4) is 0 Å². The van der Waals surface area contributed by atoms with Crippen LogP contribution in [0.4, 0.5) is 5.00 Å². The smallest absolute Gasteiger partial charge is 0.291 e. The molecule has 1 aliphatic carbocycles. The van der Waals surface area contributed by atoms with Crippen molar-refractivity contribution in [3.8, 4) is 0 Å². The fourth-order valence-corrected chi connectivity index (χ4v) is 4.94. The number of aryl methyl sites for hydroxylation is 1. The summed E-state index contributed by atoms with van der Waals surface area (Å²) >= 11 is 1.48. The topological polar surface area (TPSA) is 85.3 Å². The third-order valence-corrected chi connectivity index (χ3v) is 6.89. The molecule has 3 rings (SSSR count). The van der Waals surface area contributed by atoms with Crippen LogP contribution >= 0.6 is 11.3 Å². The summed E-state index contributed by atoms with van der Waals surface area (Å²) in [5, 5.41) is 3.37. The van der Waals surface area contributed by atoms with E-state index in [9.17, 15) is 9.59 Å². The van der Waals surface area contributed by atoms with Gasteiger partial charge in [0, 0.05) is 4.88 Å². The molecule has 26 heavy (non-hydrogen) atoms. The molecule has 0 bridgehead atoms. The van der Waals surface area contributed by atoms with E-state index in [-0.39, 0.29) is 17.1 Å². The fourth-order valence-electron chi connectivity index (χ4n) is 3.61. The van der Waals surface area contributed by atoms with Gasteiger partial charge in [-0.05, 0) is 55.2 Å². The number of nitrogens with two attached hydrogens (primary N) is 1. The van der Waals surface area contributed by atoms with E-state index < -0.39 is 5.91 Å². The van der Waals surface area contributed by atoms with E-state index in [4.69, 9.17) is 10.2 Å². The molecule has 2 aromatic rings. The lowest BCUT2D eigenvalue weighted by molar-refractivity contribution is 0.0995. The number of nitrogens with one attached hydrogen (secondary N) is 1. The van der Waals surface area contributed by atoms with Crippen molar-refractivity contribution in [2.75, 3.05) is 5.32 Å². The van der Waals surface area contributed by atoms with Crippen LogP contribution in [-0.2, 0) is 12.8 Å². The van der Waals surface area contributed by atoms with Gasteiger partial charge in [0.15, 0.2) is 5.76 Å². The first-order valence-corrected chi connectivity index (χ1v) is 9.86. The Balaban J connectivity index is 1.90. The highest BCUT2D eigenvalue weighted by Crippen LogP contribution is 2.45. The Morgan fingerprint density at radius 3 is 2.69 bits per heavy atom. The first kappa shape index (κ1) is 18.7. The molecule has 0 aliphatic heterocycles. The molecule has 2 heterocycles. The fraction of sp³-hybridized carbons (Fsp3) is 0.500. The van der Waals surface area contributed by atoms with E-state index >= 15 is 0 Å². The molecule has 1 aliphatic rings. The van der Waals surface area contributed by atoms with Gasteiger partial charge in [0.1, 0.15) is 10.8 Å². The second-order valence-electron chi connectivity index (χ2n) is 7.72. The number of amides is 2. The van der Waals surface area contributed by atoms with E-state index in [1.807, 2.05) is 0 Å². The molecule has 5 nitrogen and oxygen atoms in total. The lowest BCUT2D eigenvalue weighted by atomic mass is 9.69. The van der Waals surface area contributed by atoms with Gasteiger partial charge in [0.25, 0.3) is 11.8 Å². The Hall–Kier alpha value is -2.08. The molecule has 0 saturated carbocycles. The number of rotatable bonds is 5. The molecular weight excluding hydrogens is 348 g/mol. The monoisotopic (exact) mass is 374 g/mol. The van der Waals surface area contributed by atoms with Crippen LogP contribution in [0.25, 0.3) is 0 Å². The Morgan fingerprint density at radius 2 is 2.12 bits per heavy atom. The molecule has 6 heteroatoms. The zero-order chi connectivity index (χ0) is 19.1. The van der Waals surface area contributed by atoms with E-state index in [1.165, 1.54) is 16.2 Å². The average molecular weight is 375 g/mol. The Bertz CT molecular complexity index is 847. The second kappa shape index (κ2) is 6.91. The maximum atomic E-state index is 12.4. The zero-order valence-electron chi connectivity index (χ0n) is 15.8. The number of thiophene rings is 1. The number of fused-ring (bicyclic) bond motifs is 1. The summed E-state index contributed by atoms with van der Waals surface area (Å²) in [4.78, 5) is 25.7. The van der Waals surface area contributed by atoms with E-state index in [0.717, 1.165) is 31.2 Å². The highest BCUT2D eigenvalue weighted by atomic mass is 32.1. The molecule has 0 radical (unpaired) electrons. The molecule has 0 fully saturated rings. The maximum absolute atomic E-state index is 12.4. The van der Waals surface area contributed by atoms with Crippen molar-refractivity contribution in [2.24, 2.45) is 17.1 Å². The van der Waals surface area contributed by atoms with Gasteiger partial charge in [-0.3, -0.25) is 9.59 Å². The van der Waals surface area contributed by atoms with Crippen LogP contribution < -0.4 is 11.1 Å². The number of carbonyl (C=O) groups excluding carboxylic acids is 2. The normalized spacial score (nSPS) is 17.0. The van der Waals surface area contributed by atoms with Gasteiger partial charge >= 0.3 is 0 Å². The minimum absolute atomic E-state index is 0.231. The van der Waals surface area contributed by atoms with Crippen molar-refractivity contribution < 1.29 is 14.0 Å². The van der Waals surface area contributed by atoms with Gasteiger partial charge in [0.05, 0.1) is 5.56 Å². The Labute approximate surface area is 158 Å².